The standard InChI is InChI=1S/C11H10F3NO2/c12-11(13,14)9-6-8(15)5-4-7(9)2-1-3-10(16)17/h1-2,4-6H,3,15H2,(H,16,17). The molecule has 6 heteroatoms. The van der Waals surface area contributed by atoms with Crippen LogP contribution in [0.15, 0.2) is 24.3 Å². The molecule has 0 aliphatic rings. The first kappa shape index (κ1) is 13.1. The van der Waals surface area contributed by atoms with Gasteiger partial charge in [0.15, 0.2) is 0 Å². The van der Waals surface area contributed by atoms with Crippen molar-refractivity contribution in [3.63, 3.8) is 0 Å². The van der Waals surface area contributed by atoms with Gasteiger partial charge >= 0.3 is 12.1 Å². The minimum atomic E-state index is -4.52. The molecule has 0 bridgehead atoms. The van der Waals surface area contributed by atoms with Crippen LogP contribution in [0, 0.1) is 0 Å². The molecule has 0 heterocycles. The molecular formula is C11H10F3NO2. The summed E-state index contributed by atoms with van der Waals surface area (Å²) in [7, 11) is 0. The monoisotopic (exact) mass is 245 g/mol. The molecule has 1 aromatic rings. The first-order chi connectivity index (χ1) is 7.80. The van der Waals surface area contributed by atoms with Crippen LogP contribution in [0.25, 0.3) is 6.08 Å². The molecule has 3 N–H and O–H groups in total. The van der Waals surface area contributed by atoms with Gasteiger partial charge in [0, 0.05) is 5.69 Å². The minimum Gasteiger partial charge on any atom is -0.481 e. The number of aliphatic carboxylic acids is 1. The third kappa shape index (κ3) is 3.82. The van der Waals surface area contributed by atoms with Gasteiger partial charge in [0.05, 0.1) is 12.0 Å². The molecular weight excluding hydrogens is 235 g/mol. The zero-order valence-corrected chi connectivity index (χ0v) is 8.66. The normalized spacial score (nSPS) is 11.9. The van der Waals surface area contributed by atoms with Gasteiger partial charge in [-0.25, -0.2) is 0 Å². The fraction of sp³-hybridized carbons (Fsp3) is 0.182. The summed E-state index contributed by atoms with van der Waals surface area (Å²) < 4.78 is 37.8. The summed E-state index contributed by atoms with van der Waals surface area (Å²) in [5.74, 6) is -1.11. The van der Waals surface area contributed by atoms with Crippen molar-refractivity contribution in [3.05, 3.63) is 35.4 Å². The average molecular weight is 245 g/mol. The highest BCUT2D eigenvalue weighted by molar-refractivity contribution is 5.71. The quantitative estimate of drug-likeness (QED) is 0.805. The molecule has 1 aromatic carbocycles. The highest BCUT2D eigenvalue weighted by Crippen LogP contribution is 2.33. The fourth-order valence-corrected chi connectivity index (χ4v) is 1.25. The lowest BCUT2D eigenvalue weighted by Crippen LogP contribution is -2.08. The third-order valence-corrected chi connectivity index (χ3v) is 1.97. The topological polar surface area (TPSA) is 63.3 Å². The SMILES string of the molecule is Nc1ccc(C=CCC(=O)O)c(C(F)(F)F)c1. The summed E-state index contributed by atoms with van der Waals surface area (Å²) in [5, 5.41) is 8.37. The number of halogens is 3. The molecule has 0 amide bonds. The predicted molar refractivity (Wildman–Crippen MR) is 57.1 cm³/mol. The Kier molecular flexibility index (Phi) is 3.77. The van der Waals surface area contributed by atoms with Crippen LogP contribution < -0.4 is 5.73 Å². The average Bonchev–Trinajstić information content (AvgIpc) is 2.18. The molecule has 0 saturated carbocycles. The molecule has 1 rings (SSSR count). The molecule has 0 spiro atoms. The van der Waals surface area contributed by atoms with Gasteiger partial charge in [-0.1, -0.05) is 18.2 Å². The molecule has 17 heavy (non-hydrogen) atoms. The van der Waals surface area contributed by atoms with Gasteiger partial charge in [0.25, 0.3) is 0 Å². The largest absolute Gasteiger partial charge is 0.481 e. The maximum Gasteiger partial charge on any atom is 0.417 e. The van der Waals surface area contributed by atoms with E-state index in [1.54, 1.807) is 0 Å². The number of alkyl halides is 3. The predicted octanol–water partition coefficient (Wildman–Crippen LogP) is 2.78. The number of hydrogen-bond donors (Lipinski definition) is 2. The smallest absolute Gasteiger partial charge is 0.417 e. The highest BCUT2D eigenvalue weighted by Gasteiger charge is 2.32. The second kappa shape index (κ2) is 4.90. The second-order valence-electron chi connectivity index (χ2n) is 3.34. The minimum absolute atomic E-state index is 0.00714. The van der Waals surface area contributed by atoms with Crippen LogP contribution in [0.2, 0.25) is 0 Å². The highest BCUT2D eigenvalue weighted by atomic mass is 19.4. The molecule has 92 valence electrons. The number of hydrogen-bond acceptors (Lipinski definition) is 2. The van der Waals surface area contributed by atoms with Gasteiger partial charge in [-0.15, -0.1) is 0 Å². The van der Waals surface area contributed by atoms with Crippen molar-refractivity contribution in [2.24, 2.45) is 0 Å². The molecule has 0 aromatic heterocycles. The van der Waals surface area contributed by atoms with Crippen LogP contribution in [0.4, 0.5) is 18.9 Å². The van der Waals surface area contributed by atoms with Crippen molar-refractivity contribution in [1.82, 2.24) is 0 Å². The van der Waals surface area contributed by atoms with E-state index in [-0.39, 0.29) is 17.7 Å². The van der Waals surface area contributed by atoms with E-state index in [0.29, 0.717) is 0 Å². The summed E-state index contributed by atoms with van der Waals surface area (Å²) >= 11 is 0. The van der Waals surface area contributed by atoms with Gasteiger partial charge in [-0.05, 0) is 17.7 Å². The van der Waals surface area contributed by atoms with Crippen molar-refractivity contribution in [1.29, 1.82) is 0 Å². The molecule has 0 fully saturated rings. The number of carbonyl (C=O) groups is 1. The zero-order valence-electron chi connectivity index (χ0n) is 8.66. The van der Waals surface area contributed by atoms with Crippen molar-refractivity contribution < 1.29 is 23.1 Å². The lowest BCUT2D eigenvalue weighted by Gasteiger charge is -2.10. The summed E-state index contributed by atoms with van der Waals surface area (Å²) in [5.41, 5.74) is 4.31. The number of anilines is 1. The van der Waals surface area contributed by atoms with Crippen LogP contribution >= 0.6 is 0 Å². The molecule has 0 aliphatic carbocycles. The van der Waals surface area contributed by atoms with Crippen LogP contribution in [-0.2, 0) is 11.0 Å². The first-order valence-electron chi connectivity index (χ1n) is 4.66. The van der Waals surface area contributed by atoms with Gasteiger partial charge in [0.2, 0.25) is 0 Å². The third-order valence-electron chi connectivity index (χ3n) is 1.97. The molecule has 0 unspecified atom stereocenters. The Bertz CT molecular complexity index is 453. The van der Waals surface area contributed by atoms with Gasteiger partial charge in [-0.2, -0.15) is 13.2 Å². The van der Waals surface area contributed by atoms with Crippen molar-refractivity contribution in [2.75, 3.05) is 5.73 Å². The summed E-state index contributed by atoms with van der Waals surface area (Å²) in [6, 6.07) is 3.35. The van der Waals surface area contributed by atoms with E-state index in [1.165, 1.54) is 12.1 Å². The molecule has 0 radical (unpaired) electrons. The molecule has 3 nitrogen and oxygen atoms in total. The van der Waals surface area contributed by atoms with E-state index in [1.807, 2.05) is 0 Å². The number of rotatable bonds is 3. The number of benzene rings is 1. The fourth-order valence-electron chi connectivity index (χ4n) is 1.25. The van der Waals surface area contributed by atoms with Gasteiger partial charge in [-0.3, -0.25) is 4.79 Å². The molecule has 0 atom stereocenters. The number of nitrogen functional groups attached to an aromatic ring is 1. The van der Waals surface area contributed by atoms with Gasteiger partial charge in [0.1, 0.15) is 0 Å². The Hall–Kier alpha value is -1.98. The van der Waals surface area contributed by atoms with E-state index in [4.69, 9.17) is 10.8 Å². The van der Waals surface area contributed by atoms with Crippen LogP contribution in [0.1, 0.15) is 17.5 Å². The van der Waals surface area contributed by atoms with Crippen molar-refractivity contribution in [3.8, 4) is 0 Å². The van der Waals surface area contributed by atoms with E-state index in [9.17, 15) is 18.0 Å². The Labute approximate surface area is 95.4 Å². The summed E-state index contributed by atoms with van der Waals surface area (Å²) in [6.45, 7) is 0. The number of carboxylic acid groups (broad SMARTS) is 1. The Balaban J connectivity index is 3.07. The lowest BCUT2D eigenvalue weighted by molar-refractivity contribution is -0.138. The summed E-state index contributed by atoms with van der Waals surface area (Å²) in [6.07, 6.45) is -2.57. The first-order valence-corrected chi connectivity index (χ1v) is 4.66. The van der Waals surface area contributed by atoms with Crippen molar-refractivity contribution >= 4 is 17.7 Å². The number of nitrogens with two attached hydrogens (primary N) is 1. The van der Waals surface area contributed by atoms with Crippen LogP contribution in [0.3, 0.4) is 0 Å². The van der Waals surface area contributed by atoms with Crippen molar-refractivity contribution in [2.45, 2.75) is 12.6 Å². The maximum atomic E-state index is 12.6. The second-order valence-corrected chi connectivity index (χ2v) is 3.34. The molecule has 0 saturated heterocycles. The Morgan fingerprint density at radius 2 is 2.06 bits per heavy atom. The van der Waals surface area contributed by atoms with E-state index < -0.39 is 17.7 Å². The van der Waals surface area contributed by atoms with E-state index in [0.717, 1.165) is 18.2 Å². The molecule has 0 aliphatic heterocycles. The summed E-state index contributed by atoms with van der Waals surface area (Å²) in [4.78, 5) is 10.2. The maximum absolute atomic E-state index is 12.6. The Morgan fingerprint density at radius 3 is 2.59 bits per heavy atom. The van der Waals surface area contributed by atoms with Crippen LogP contribution in [-0.4, -0.2) is 11.1 Å². The lowest BCUT2D eigenvalue weighted by atomic mass is 10.1. The van der Waals surface area contributed by atoms with Crippen LogP contribution in [0.5, 0.6) is 0 Å². The van der Waals surface area contributed by atoms with E-state index >= 15 is 0 Å². The zero-order chi connectivity index (χ0) is 13.1. The number of carboxylic acids is 1. The Morgan fingerprint density at radius 1 is 1.41 bits per heavy atom. The van der Waals surface area contributed by atoms with Gasteiger partial charge < -0.3 is 10.8 Å². The van der Waals surface area contributed by atoms with E-state index in [2.05, 4.69) is 0 Å².